The van der Waals surface area contributed by atoms with Crippen molar-refractivity contribution in [3.8, 4) is 5.88 Å². The number of nitrogens with zero attached hydrogens (tertiary/aromatic N) is 5. The number of thiocarbonyl (C=S) groups is 1. The number of rotatable bonds is 4. The standard InChI is InChI=1S/C20H22N6OS/c21-20(28)23-22-18-16-8-4-5-9-17(16)26(19(18)27)14-24-10-12-25(13-11-24)15-6-2-1-3-7-15/h1-9,27H,10-14H2,(H2,21,28). The zero-order chi connectivity index (χ0) is 19.5. The predicted octanol–water partition coefficient (Wildman–Crippen LogP) is 3.45. The highest BCUT2D eigenvalue weighted by Crippen LogP contribution is 2.39. The topological polar surface area (TPSA) is 82.4 Å². The number of piperazine rings is 1. The Balaban J connectivity index is 1.54. The number of aromatic nitrogens is 1. The van der Waals surface area contributed by atoms with Crippen molar-refractivity contribution in [1.29, 1.82) is 0 Å². The molecular weight excluding hydrogens is 372 g/mol. The molecule has 1 fully saturated rings. The summed E-state index contributed by atoms with van der Waals surface area (Å²) < 4.78 is 1.86. The Kier molecular flexibility index (Phi) is 5.23. The third kappa shape index (κ3) is 3.69. The summed E-state index contributed by atoms with van der Waals surface area (Å²) in [4.78, 5) is 4.70. The summed E-state index contributed by atoms with van der Waals surface area (Å²) in [6.07, 6.45) is 0. The normalized spacial score (nSPS) is 15.5. The van der Waals surface area contributed by atoms with Crippen LogP contribution in [0.5, 0.6) is 5.88 Å². The van der Waals surface area contributed by atoms with Gasteiger partial charge in [-0.3, -0.25) is 9.47 Å². The summed E-state index contributed by atoms with van der Waals surface area (Å²) in [6, 6.07) is 18.2. The number of hydrogen-bond acceptors (Lipinski definition) is 5. The maximum atomic E-state index is 10.8. The molecule has 28 heavy (non-hydrogen) atoms. The van der Waals surface area contributed by atoms with E-state index in [9.17, 15) is 5.11 Å². The zero-order valence-corrected chi connectivity index (χ0v) is 16.2. The van der Waals surface area contributed by atoms with Gasteiger partial charge in [0.25, 0.3) is 0 Å². The van der Waals surface area contributed by atoms with Gasteiger partial charge < -0.3 is 15.7 Å². The minimum atomic E-state index is -0.0618. The monoisotopic (exact) mass is 394 g/mol. The van der Waals surface area contributed by atoms with Crippen LogP contribution in [0.15, 0.2) is 64.8 Å². The third-order valence-electron chi connectivity index (χ3n) is 5.00. The second-order valence-corrected chi connectivity index (χ2v) is 7.16. The first-order valence-corrected chi connectivity index (χ1v) is 9.58. The lowest BCUT2D eigenvalue weighted by molar-refractivity contribution is 0.200. The highest BCUT2D eigenvalue weighted by molar-refractivity contribution is 7.80. The Morgan fingerprint density at radius 2 is 1.68 bits per heavy atom. The van der Waals surface area contributed by atoms with Gasteiger partial charge in [0, 0.05) is 37.3 Å². The van der Waals surface area contributed by atoms with Gasteiger partial charge in [-0.05, 0) is 30.4 Å². The number of aromatic hydroxyl groups is 1. The number of para-hydroxylation sites is 2. The van der Waals surface area contributed by atoms with Crippen LogP contribution in [0.25, 0.3) is 10.9 Å². The van der Waals surface area contributed by atoms with Gasteiger partial charge in [-0.1, -0.05) is 36.4 Å². The number of benzene rings is 2. The Bertz CT molecular complexity index is 1010. The van der Waals surface area contributed by atoms with Crippen LogP contribution in [0.2, 0.25) is 0 Å². The molecule has 0 unspecified atom stereocenters. The fraction of sp³-hybridized carbons (Fsp3) is 0.250. The third-order valence-corrected chi connectivity index (χ3v) is 5.08. The van der Waals surface area contributed by atoms with Crippen LogP contribution in [-0.4, -0.2) is 45.9 Å². The Morgan fingerprint density at radius 3 is 2.39 bits per heavy atom. The van der Waals surface area contributed by atoms with Gasteiger partial charge >= 0.3 is 0 Å². The highest BCUT2D eigenvalue weighted by Gasteiger charge is 2.21. The van der Waals surface area contributed by atoms with Gasteiger partial charge in [-0.25, -0.2) is 0 Å². The smallest absolute Gasteiger partial charge is 0.221 e. The van der Waals surface area contributed by atoms with Crippen molar-refractivity contribution in [1.82, 2.24) is 9.47 Å². The van der Waals surface area contributed by atoms with Crippen LogP contribution in [0.4, 0.5) is 11.4 Å². The molecular formula is C20H22N6OS. The first-order valence-electron chi connectivity index (χ1n) is 9.17. The van der Waals surface area contributed by atoms with Gasteiger partial charge in [0.2, 0.25) is 11.0 Å². The molecule has 0 bridgehead atoms. The van der Waals surface area contributed by atoms with Crippen LogP contribution < -0.4 is 10.6 Å². The van der Waals surface area contributed by atoms with Crippen LogP contribution in [-0.2, 0) is 6.67 Å². The minimum absolute atomic E-state index is 0.0618. The minimum Gasteiger partial charge on any atom is -0.493 e. The van der Waals surface area contributed by atoms with Crippen molar-refractivity contribution in [3.63, 3.8) is 0 Å². The zero-order valence-electron chi connectivity index (χ0n) is 15.4. The summed E-state index contributed by atoms with van der Waals surface area (Å²) in [7, 11) is 0. The summed E-state index contributed by atoms with van der Waals surface area (Å²) >= 11 is 4.77. The Morgan fingerprint density at radius 1 is 1.00 bits per heavy atom. The maximum absolute atomic E-state index is 10.8. The van der Waals surface area contributed by atoms with E-state index in [0.29, 0.717) is 12.4 Å². The van der Waals surface area contributed by atoms with Crippen LogP contribution >= 0.6 is 12.2 Å². The van der Waals surface area contributed by atoms with E-state index >= 15 is 0 Å². The number of anilines is 1. The van der Waals surface area contributed by atoms with E-state index in [-0.39, 0.29) is 11.0 Å². The molecule has 7 nitrogen and oxygen atoms in total. The molecule has 0 atom stereocenters. The first-order chi connectivity index (χ1) is 13.6. The number of nitrogens with two attached hydrogens (primary N) is 1. The molecule has 2 heterocycles. The van der Waals surface area contributed by atoms with Crippen molar-refractivity contribution in [2.45, 2.75) is 6.67 Å². The van der Waals surface area contributed by atoms with Crippen LogP contribution in [0.1, 0.15) is 0 Å². The van der Waals surface area contributed by atoms with Gasteiger partial charge in [-0.2, -0.15) is 0 Å². The Labute approximate surface area is 168 Å². The van der Waals surface area contributed by atoms with Crippen LogP contribution in [0, 0.1) is 0 Å². The lowest BCUT2D eigenvalue weighted by Crippen LogP contribution is -2.46. The lowest BCUT2D eigenvalue weighted by atomic mass is 10.2. The molecule has 1 saturated heterocycles. The summed E-state index contributed by atoms with van der Waals surface area (Å²) in [5.74, 6) is 0.0756. The molecule has 0 aliphatic carbocycles. The van der Waals surface area contributed by atoms with E-state index in [2.05, 4.69) is 44.3 Å². The molecule has 144 valence electrons. The van der Waals surface area contributed by atoms with Crippen molar-refractivity contribution in [3.05, 3.63) is 54.6 Å². The molecule has 2 aromatic carbocycles. The summed E-state index contributed by atoms with van der Waals surface area (Å²) in [5, 5.41) is 19.3. The second kappa shape index (κ2) is 7.95. The summed E-state index contributed by atoms with van der Waals surface area (Å²) in [5.41, 5.74) is 7.97. The second-order valence-electron chi connectivity index (χ2n) is 6.74. The molecule has 8 heteroatoms. The summed E-state index contributed by atoms with van der Waals surface area (Å²) in [6.45, 7) is 4.28. The Hall–Kier alpha value is -2.97. The van der Waals surface area contributed by atoms with E-state index < -0.39 is 0 Å². The fourth-order valence-electron chi connectivity index (χ4n) is 3.60. The largest absolute Gasteiger partial charge is 0.493 e. The van der Waals surface area contributed by atoms with Crippen molar-refractivity contribution >= 4 is 39.6 Å². The molecule has 1 aromatic heterocycles. The molecule has 3 N–H and O–H groups in total. The first kappa shape index (κ1) is 18.4. The van der Waals surface area contributed by atoms with Crippen LogP contribution in [0.3, 0.4) is 0 Å². The number of azo groups is 1. The van der Waals surface area contributed by atoms with E-state index in [0.717, 1.165) is 37.1 Å². The van der Waals surface area contributed by atoms with E-state index in [4.69, 9.17) is 18.0 Å². The average Bonchev–Trinajstić information content (AvgIpc) is 2.99. The molecule has 1 aliphatic rings. The fourth-order valence-corrected chi connectivity index (χ4v) is 3.64. The number of fused-ring (bicyclic) bond motifs is 1. The van der Waals surface area contributed by atoms with E-state index in [1.807, 2.05) is 34.9 Å². The number of hydrogen-bond donors (Lipinski definition) is 2. The SMILES string of the molecule is NC(=S)N=Nc1c(O)n(CN2CCN(c3ccccc3)CC2)c2ccccc12. The lowest BCUT2D eigenvalue weighted by Gasteiger charge is -2.36. The highest BCUT2D eigenvalue weighted by atomic mass is 32.1. The molecule has 0 spiro atoms. The molecule has 0 saturated carbocycles. The van der Waals surface area contributed by atoms with E-state index in [1.165, 1.54) is 5.69 Å². The molecule has 0 amide bonds. The molecule has 3 aromatic rings. The van der Waals surface area contributed by atoms with Crippen molar-refractivity contribution in [2.75, 3.05) is 31.1 Å². The quantitative estimate of drug-likeness (QED) is 0.523. The molecule has 0 radical (unpaired) electrons. The van der Waals surface area contributed by atoms with Gasteiger partial charge in [0.1, 0.15) is 0 Å². The van der Waals surface area contributed by atoms with Gasteiger partial charge in [0.05, 0.1) is 12.2 Å². The van der Waals surface area contributed by atoms with Gasteiger partial charge in [-0.15, -0.1) is 10.2 Å². The van der Waals surface area contributed by atoms with Crippen molar-refractivity contribution < 1.29 is 5.11 Å². The predicted molar refractivity (Wildman–Crippen MR) is 115 cm³/mol. The van der Waals surface area contributed by atoms with E-state index in [1.54, 1.807) is 0 Å². The maximum Gasteiger partial charge on any atom is 0.221 e. The van der Waals surface area contributed by atoms with Gasteiger partial charge in [0.15, 0.2) is 5.69 Å². The molecule has 1 aliphatic heterocycles. The van der Waals surface area contributed by atoms with Crippen molar-refractivity contribution in [2.24, 2.45) is 16.0 Å². The average molecular weight is 395 g/mol. The molecule has 4 rings (SSSR count).